The minimum absolute atomic E-state index is 0.0244. The van der Waals surface area contributed by atoms with Crippen LogP contribution in [0.25, 0.3) is 0 Å². The second kappa shape index (κ2) is 6.91. The normalized spacial score (nSPS) is 33.7. The number of amides is 2. The van der Waals surface area contributed by atoms with E-state index in [4.69, 9.17) is 0 Å². The molecule has 4 bridgehead atoms. The number of carbonyl (C=O) groups is 2. The lowest BCUT2D eigenvalue weighted by Crippen LogP contribution is -2.65. The second-order valence-electron chi connectivity index (χ2n) is 8.97. The Labute approximate surface area is 160 Å². The van der Waals surface area contributed by atoms with E-state index >= 15 is 0 Å². The summed E-state index contributed by atoms with van der Waals surface area (Å²) >= 11 is 0. The predicted molar refractivity (Wildman–Crippen MR) is 103 cm³/mol. The van der Waals surface area contributed by atoms with Gasteiger partial charge in [-0.1, -0.05) is 12.1 Å². The lowest BCUT2D eigenvalue weighted by Gasteiger charge is -2.60. The van der Waals surface area contributed by atoms with E-state index in [9.17, 15) is 14.7 Å². The van der Waals surface area contributed by atoms with Crippen LogP contribution in [0.2, 0.25) is 0 Å². The minimum atomic E-state index is -0.511. The van der Waals surface area contributed by atoms with Gasteiger partial charge in [0.2, 0.25) is 11.8 Å². The third kappa shape index (κ3) is 4.17. The number of aliphatic hydroxyl groups is 1. The first-order chi connectivity index (χ1) is 12.8. The molecule has 6 heteroatoms. The molecule has 0 aliphatic heterocycles. The van der Waals surface area contributed by atoms with Gasteiger partial charge in [-0.15, -0.1) is 0 Å². The van der Waals surface area contributed by atoms with E-state index < -0.39 is 5.60 Å². The van der Waals surface area contributed by atoms with E-state index in [-0.39, 0.29) is 17.4 Å². The van der Waals surface area contributed by atoms with E-state index in [1.165, 1.54) is 13.3 Å². The summed E-state index contributed by atoms with van der Waals surface area (Å²) in [5.74, 6) is 1.09. The maximum atomic E-state index is 12.3. The van der Waals surface area contributed by atoms with Crippen LogP contribution in [0.15, 0.2) is 24.3 Å². The number of carbonyl (C=O) groups excluding carboxylic acids is 2. The third-order valence-electron chi connectivity index (χ3n) is 6.42. The van der Waals surface area contributed by atoms with Gasteiger partial charge in [-0.25, -0.2) is 0 Å². The quantitative estimate of drug-likeness (QED) is 0.615. The van der Waals surface area contributed by atoms with Crippen LogP contribution in [-0.2, 0) is 16.1 Å². The zero-order valence-corrected chi connectivity index (χ0v) is 15.9. The van der Waals surface area contributed by atoms with Gasteiger partial charge in [-0.2, -0.15) is 0 Å². The van der Waals surface area contributed by atoms with Crippen molar-refractivity contribution in [3.05, 3.63) is 29.8 Å². The number of nitrogens with one attached hydrogen (secondary N) is 3. The van der Waals surface area contributed by atoms with Crippen LogP contribution in [0.3, 0.4) is 0 Å². The van der Waals surface area contributed by atoms with Crippen LogP contribution >= 0.6 is 0 Å². The largest absolute Gasteiger partial charge is 0.390 e. The van der Waals surface area contributed by atoms with Gasteiger partial charge in [0.15, 0.2) is 0 Å². The maximum Gasteiger partial charge on any atom is 0.234 e. The first-order valence-electron chi connectivity index (χ1n) is 9.94. The molecule has 0 heterocycles. The Morgan fingerprint density at radius 2 is 1.78 bits per heavy atom. The highest BCUT2D eigenvalue weighted by Crippen LogP contribution is 2.57. The fourth-order valence-corrected chi connectivity index (χ4v) is 5.86. The molecule has 2 amide bonds. The van der Waals surface area contributed by atoms with Crippen LogP contribution in [0.5, 0.6) is 0 Å². The highest BCUT2D eigenvalue weighted by atomic mass is 16.3. The molecule has 0 radical (unpaired) electrons. The summed E-state index contributed by atoms with van der Waals surface area (Å²) in [5, 5.41) is 20.0. The molecule has 146 valence electrons. The Kier molecular flexibility index (Phi) is 4.72. The molecule has 4 N–H and O–H groups in total. The summed E-state index contributed by atoms with van der Waals surface area (Å²) in [4.78, 5) is 23.4. The van der Waals surface area contributed by atoms with Crippen molar-refractivity contribution in [1.29, 1.82) is 0 Å². The Morgan fingerprint density at radius 1 is 1.11 bits per heavy atom. The molecule has 1 aromatic carbocycles. The lowest BCUT2D eigenvalue weighted by molar-refractivity contribution is -0.144. The van der Waals surface area contributed by atoms with Gasteiger partial charge in [0, 0.05) is 24.7 Å². The van der Waals surface area contributed by atoms with Crippen molar-refractivity contribution in [2.75, 3.05) is 11.9 Å². The first-order valence-corrected chi connectivity index (χ1v) is 9.94. The fourth-order valence-electron chi connectivity index (χ4n) is 5.86. The SMILES string of the molecule is CC(=O)Nc1ccc(CNC(=O)CNC23C[C@@H]4C[C@@H](CC(O)(C4)C2)C3)cc1. The highest BCUT2D eigenvalue weighted by molar-refractivity contribution is 5.88. The summed E-state index contributed by atoms with van der Waals surface area (Å²) in [6.45, 7) is 2.23. The van der Waals surface area contributed by atoms with Crippen molar-refractivity contribution in [1.82, 2.24) is 10.6 Å². The summed E-state index contributed by atoms with van der Waals surface area (Å²) in [7, 11) is 0. The Bertz CT molecular complexity index is 717. The number of hydrogen-bond donors (Lipinski definition) is 4. The van der Waals surface area contributed by atoms with Crippen LogP contribution in [0.4, 0.5) is 5.69 Å². The molecular weight excluding hydrogens is 342 g/mol. The average molecular weight is 371 g/mol. The summed E-state index contributed by atoms with van der Waals surface area (Å²) < 4.78 is 0. The molecule has 4 atom stereocenters. The standard InChI is InChI=1S/C21H29N3O3/c1-14(25)24-18-4-2-15(3-5-18)11-22-19(26)12-23-20-7-16-6-17(8-20)10-21(27,9-16)13-20/h2-5,16-17,23,27H,6-13H2,1H3,(H,22,26)(H,24,25)/t16-,17+,20?,21?. The van der Waals surface area contributed by atoms with E-state index in [1.54, 1.807) is 0 Å². The first kappa shape index (κ1) is 18.4. The Hall–Kier alpha value is -1.92. The predicted octanol–water partition coefficient (Wildman–Crippen LogP) is 1.93. The topological polar surface area (TPSA) is 90.5 Å². The van der Waals surface area contributed by atoms with Crippen molar-refractivity contribution < 1.29 is 14.7 Å². The van der Waals surface area contributed by atoms with Crippen LogP contribution in [-0.4, -0.2) is 34.6 Å². The van der Waals surface area contributed by atoms with E-state index in [0.717, 1.165) is 43.4 Å². The summed E-state index contributed by atoms with van der Waals surface area (Å²) in [5.41, 5.74) is 1.17. The molecule has 0 spiro atoms. The van der Waals surface area contributed by atoms with Crippen molar-refractivity contribution in [3.8, 4) is 0 Å². The van der Waals surface area contributed by atoms with Crippen LogP contribution in [0, 0.1) is 11.8 Å². The number of hydrogen-bond acceptors (Lipinski definition) is 4. The third-order valence-corrected chi connectivity index (χ3v) is 6.42. The molecule has 1 aromatic rings. The van der Waals surface area contributed by atoms with Gasteiger partial charge in [0.05, 0.1) is 12.1 Å². The molecule has 0 aromatic heterocycles. The lowest BCUT2D eigenvalue weighted by atomic mass is 9.51. The molecule has 5 rings (SSSR count). The van der Waals surface area contributed by atoms with Crippen molar-refractivity contribution in [3.63, 3.8) is 0 Å². The fraction of sp³-hybridized carbons (Fsp3) is 0.619. The monoisotopic (exact) mass is 371 g/mol. The van der Waals surface area contributed by atoms with E-state index in [2.05, 4.69) is 16.0 Å². The molecule has 4 aliphatic carbocycles. The maximum absolute atomic E-state index is 12.3. The van der Waals surface area contributed by atoms with E-state index in [0.29, 0.717) is 24.9 Å². The van der Waals surface area contributed by atoms with Crippen molar-refractivity contribution in [2.24, 2.45) is 11.8 Å². The summed E-state index contributed by atoms with van der Waals surface area (Å²) in [6, 6.07) is 7.45. The van der Waals surface area contributed by atoms with Crippen molar-refractivity contribution in [2.45, 2.75) is 63.1 Å². The molecule has 0 saturated heterocycles. The molecule has 4 saturated carbocycles. The van der Waals surface area contributed by atoms with Crippen molar-refractivity contribution >= 4 is 17.5 Å². The van der Waals surface area contributed by atoms with E-state index in [1.807, 2.05) is 24.3 Å². The number of rotatable bonds is 6. The van der Waals surface area contributed by atoms with Gasteiger partial charge < -0.3 is 21.1 Å². The molecule has 6 nitrogen and oxygen atoms in total. The molecule has 4 fully saturated rings. The molecule has 2 unspecified atom stereocenters. The van der Waals surface area contributed by atoms with Gasteiger partial charge >= 0.3 is 0 Å². The minimum Gasteiger partial charge on any atom is -0.390 e. The molecular formula is C21H29N3O3. The van der Waals surface area contributed by atoms with Crippen LogP contribution in [0.1, 0.15) is 51.0 Å². The second-order valence-corrected chi connectivity index (χ2v) is 8.97. The number of benzene rings is 1. The number of anilines is 1. The Balaban J connectivity index is 1.26. The zero-order valence-electron chi connectivity index (χ0n) is 15.9. The van der Waals surface area contributed by atoms with Gasteiger partial charge in [-0.05, 0) is 68.1 Å². The van der Waals surface area contributed by atoms with Gasteiger partial charge in [0.1, 0.15) is 0 Å². The zero-order chi connectivity index (χ0) is 19.1. The smallest absolute Gasteiger partial charge is 0.234 e. The average Bonchev–Trinajstić information content (AvgIpc) is 2.57. The molecule has 4 aliphatic rings. The van der Waals surface area contributed by atoms with Gasteiger partial charge in [0.25, 0.3) is 0 Å². The summed E-state index contributed by atoms with van der Waals surface area (Å²) in [6.07, 6.45) is 6.08. The van der Waals surface area contributed by atoms with Crippen LogP contribution < -0.4 is 16.0 Å². The molecule has 27 heavy (non-hydrogen) atoms. The Morgan fingerprint density at radius 3 is 2.37 bits per heavy atom. The highest BCUT2D eigenvalue weighted by Gasteiger charge is 2.56. The van der Waals surface area contributed by atoms with Gasteiger partial charge in [-0.3, -0.25) is 9.59 Å².